The van der Waals surface area contributed by atoms with E-state index in [4.69, 9.17) is 0 Å². The summed E-state index contributed by atoms with van der Waals surface area (Å²) in [6.07, 6.45) is -4.26. The lowest BCUT2D eigenvalue weighted by Gasteiger charge is -2.16. The van der Waals surface area contributed by atoms with E-state index < -0.39 is 24.1 Å². The summed E-state index contributed by atoms with van der Waals surface area (Å²) >= 11 is 0. The summed E-state index contributed by atoms with van der Waals surface area (Å²) in [5, 5.41) is 0. The zero-order valence-electron chi connectivity index (χ0n) is 10.9. The van der Waals surface area contributed by atoms with Crippen LogP contribution in [0.1, 0.15) is 15.9 Å². The molecule has 0 amide bonds. The third-order valence-corrected chi connectivity index (χ3v) is 2.88. The van der Waals surface area contributed by atoms with Gasteiger partial charge in [0.15, 0.2) is 0 Å². The molecule has 116 valence electrons. The lowest BCUT2D eigenvalue weighted by Crippen LogP contribution is -2.08. The first-order valence-electron chi connectivity index (χ1n) is 6.03. The molecule has 0 atom stereocenters. The number of benzene rings is 2. The monoisotopic (exact) mass is 316 g/mol. The Morgan fingerprint density at radius 1 is 1.00 bits per heavy atom. The molecule has 0 saturated carbocycles. The quantitative estimate of drug-likeness (QED) is 0.599. The second kappa shape index (κ2) is 6.13. The average Bonchev–Trinajstić information content (AvgIpc) is 2.46. The van der Waals surface area contributed by atoms with Gasteiger partial charge in [-0.25, -0.2) is 0 Å². The van der Waals surface area contributed by atoms with Crippen LogP contribution < -0.4 is 4.74 Å². The first-order valence-corrected chi connectivity index (χ1v) is 6.03. The second-order valence-electron chi connectivity index (χ2n) is 4.30. The molecule has 0 saturated heterocycles. The van der Waals surface area contributed by atoms with Crippen LogP contribution in [-0.4, -0.2) is 12.9 Å². The molecule has 0 aliphatic carbocycles. The number of rotatable bonds is 4. The number of carbonyl (C=O) groups is 1. The molecule has 0 aliphatic rings. The van der Waals surface area contributed by atoms with Crippen molar-refractivity contribution in [3.05, 3.63) is 53.6 Å². The van der Waals surface area contributed by atoms with Gasteiger partial charge in [0.05, 0.1) is 5.56 Å². The Morgan fingerprint density at radius 3 is 2.27 bits per heavy atom. The molecule has 0 spiro atoms. The molecule has 0 heterocycles. The van der Waals surface area contributed by atoms with Gasteiger partial charge in [0.2, 0.25) is 0 Å². The fourth-order valence-electron chi connectivity index (χ4n) is 2.00. The summed E-state index contributed by atoms with van der Waals surface area (Å²) in [5.74, 6) is -0.433. The van der Waals surface area contributed by atoms with Crippen molar-refractivity contribution in [1.29, 1.82) is 0 Å². The maximum absolute atomic E-state index is 13.1. The number of hydrogen-bond donors (Lipinski definition) is 0. The van der Waals surface area contributed by atoms with Crippen molar-refractivity contribution >= 4 is 6.29 Å². The van der Waals surface area contributed by atoms with E-state index in [-0.39, 0.29) is 16.7 Å². The molecular weight excluding hydrogens is 307 g/mol. The summed E-state index contributed by atoms with van der Waals surface area (Å²) in [6, 6.07) is 7.78. The highest BCUT2D eigenvalue weighted by Crippen LogP contribution is 2.40. The number of ether oxygens (including phenoxy) is 1. The van der Waals surface area contributed by atoms with Crippen molar-refractivity contribution in [3.8, 4) is 16.9 Å². The van der Waals surface area contributed by atoms with Crippen molar-refractivity contribution in [1.82, 2.24) is 0 Å². The summed E-state index contributed by atoms with van der Waals surface area (Å²) in [7, 11) is 0. The van der Waals surface area contributed by atoms with E-state index in [9.17, 15) is 26.7 Å². The van der Waals surface area contributed by atoms with Gasteiger partial charge < -0.3 is 4.74 Å². The van der Waals surface area contributed by atoms with E-state index in [1.165, 1.54) is 18.2 Å². The van der Waals surface area contributed by atoms with E-state index in [2.05, 4.69) is 4.74 Å². The Labute approximate surface area is 122 Å². The first kappa shape index (κ1) is 15.9. The lowest BCUT2D eigenvalue weighted by molar-refractivity contribution is -0.137. The van der Waals surface area contributed by atoms with Crippen molar-refractivity contribution in [3.63, 3.8) is 0 Å². The van der Waals surface area contributed by atoms with Gasteiger partial charge in [0, 0.05) is 11.1 Å². The van der Waals surface area contributed by atoms with Crippen molar-refractivity contribution in [2.75, 3.05) is 0 Å². The van der Waals surface area contributed by atoms with Crippen LogP contribution in [0, 0.1) is 0 Å². The SMILES string of the molecule is O=Cc1ccc(OC(F)F)c(-c2ccccc2C(F)(F)F)c1. The molecule has 0 unspecified atom stereocenters. The molecule has 7 heteroatoms. The Kier molecular flexibility index (Phi) is 4.44. The maximum atomic E-state index is 13.1. The Morgan fingerprint density at radius 2 is 1.68 bits per heavy atom. The molecule has 2 nitrogen and oxygen atoms in total. The summed E-state index contributed by atoms with van der Waals surface area (Å²) in [6.45, 7) is -3.20. The third-order valence-electron chi connectivity index (χ3n) is 2.88. The zero-order valence-corrected chi connectivity index (χ0v) is 10.9. The Bertz CT molecular complexity index is 680. The van der Waals surface area contributed by atoms with E-state index in [1.807, 2.05) is 0 Å². The first-order chi connectivity index (χ1) is 10.3. The number of hydrogen-bond acceptors (Lipinski definition) is 2. The van der Waals surface area contributed by atoms with Gasteiger partial charge in [0.1, 0.15) is 12.0 Å². The van der Waals surface area contributed by atoms with E-state index in [1.54, 1.807) is 0 Å². The van der Waals surface area contributed by atoms with Gasteiger partial charge in [-0.05, 0) is 29.8 Å². The largest absolute Gasteiger partial charge is 0.434 e. The van der Waals surface area contributed by atoms with Crippen LogP contribution in [0.5, 0.6) is 5.75 Å². The number of halogens is 5. The predicted molar refractivity (Wildman–Crippen MR) is 68.9 cm³/mol. The Balaban J connectivity index is 2.67. The lowest BCUT2D eigenvalue weighted by atomic mass is 9.97. The van der Waals surface area contributed by atoms with Gasteiger partial charge in [-0.15, -0.1) is 0 Å². The fraction of sp³-hybridized carbons (Fsp3) is 0.133. The van der Waals surface area contributed by atoms with Crippen LogP contribution in [0.2, 0.25) is 0 Å². The van der Waals surface area contributed by atoms with Gasteiger partial charge in [-0.3, -0.25) is 4.79 Å². The minimum absolute atomic E-state index is 0.0496. The minimum atomic E-state index is -4.67. The third kappa shape index (κ3) is 3.41. The maximum Gasteiger partial charge on any atom is 0.417 e. The topological polar surface area (TPSA) is 26.3 Å². The standard InChI is InChI=1S/C15H9F5O2/c16-14(17)22-13-6-5-9(8-21)7-11(13)10-3-1-2-4-12(10)15(18,19)20/h1-8,14H. The van der Waals surface area contributed by atoms with Gasteiger partial charge >= 0.3 is 12.8 Å². The molecular formula is C15H9F5O2. The van der Waals surface area contributed by atoms with E-state index in [0.717, 1.165) is 24.3 Å². The minimum Gasteiger partial charge on any atom is -0.434 e. The molecule has 22 heavy (non-hydrogen) atoms. The van der Waals surface area contributed by atoms with Gasteiger partial charge in [0.25, 0.3) is 0 Å². The normalized spacial score (nSPS) is 11.5. The van der Waals surface area contributed by atoms with E-state index >= 15 is 0 Å². The number of carbonyl (C=O) groups excluding carboxylic acids is 1. The average molecular weight is 316 g/mol. The predicted octanol–water partition coefficient (Wildman–Crippen LogP) is 4.79. The second-order valence-corrected chi connectivity index (χ2v) is 4.30. The van der Waals surface area contributed by atoms with Gasteiger partial charge in [-0.1, -0.05) is 18.2 Å². The summed E-state index contributed by atoms with van der Waals surface area (Å²) in [4.78, 5) is 10.8. The molecule has 0 aromatic heterocycles. The molecule has 0 bridgehead atoms. The van der Waals surface area contributed by atoms with Crippen molar-refractivity contribution in [2.45, 2.75) is 12.8 Å². The molecule has 2 aromatic carbocycles. The van der Waals surface area contributed by atoms with Crippen LogP contribution in [0.25, 0.3) is 11.1 Å². The smallest absolute Gasteiger partial charge is 0.417 e. The number of alkyl halides is 5. The molecule has 2 aromatic rings. The molecule has 2 rings (SSSR count). The van der Waals surface area contributed by atoms with Gasteiger partial charge in [-0.2, -0.15) is 22.0 Å². The van der Waals surface area contributed by atoms with Crippen LogP contribution in [0.15, 0.2) is 42.5 Å². The number of aldehydes is 1. The Hall–Kier alpha value is -2.44. The highest BCUT2D eigenvalue weighted by molar-refractivity contribution is 5.82. The molecule has 0 aliphatic heterocycles. The molecule has 0 N–H and O–H groups in total. The zero-order chi connectivity index (χ0) is 16.3. The molecule has 0 fully saturated rings. The molecule has 0 radical (unpaired) electrons. The van der Waals surface area contributed by atoms with Crippen LogP contribution in [0.3, 0.4) is 0 Å². The van der Waals surface area contributed by atoms with E-state index in [0.29, 0.717) is 6.29 Å². The highest BCUT2D eigenvalue weighted by Gasteiger charge is 2.34. The van der Waals surface area contributed by atoms with Crippen molar-refractivity contribution < 1.29 is 31.5 Å². The van der Waals surface area contributed by atoms with Crippen LogP contribution in [-0.2, 0) is 6.18 Å². The van der Waals surface area contributed by atoms with Crippen molar-refractivity contribution in [2.24, 2.45) is 0 Å². The highest BCUT2D eigenvalue weighted by atomic mass is 19.4. The van der Waals surface area contributed by atoms with Crippen LogP contribution in [0.4, 0.5) is 22.0 Å². The van der Waals surface area contributed by atoms with Crippen LogP contribution >= 0.6 is 0 Å². The fourth-order valence-corrected chi connectivity index (χ4v) is 2.00. The summed E-state index contributed by atoms with van der Waals surface area (Å²) in [5.41, 5.74) is -1.52. The summed E-state index contributed by atoms with van der Waals surface area (Å²) < 4.78 is 68.2.